The molecule has 0 saturated heterocycles. The maximum Gasteiger partial charge on any atom is 0.335 e. The van der Waals surface area contributed by atoms with E-state index in [1.807, 2.05) is 30.3 Å². The van der Waals surface area contributed by atoms with Crippen LogP contribution in [0.25, 0.3) is 0 Å². The van der Waals surface area contributed by atoms with E-state index < -0.39 is 7.60 Å². The van der Waals surface area contributed by atoms with Gasteiger partial charge in [0.1, 0.15) is 0 Å². The van der Waals surface area contributed by atoms with Crippen molar-refractivity contribution in [3.63, 3.8) is 0 Å². The highest BCUT2D eigenvalue weighted by Gasteiger charge is 2.25. The van der Waals surface area contributed by atoms with Gasteiger partial charge >= 0.3 is 19.5 Å². The standard InChI is InChI=1S/C31H49O7P/c1-27(2)30(32)35-22-16-9-5-7-11-18-24-37-39(34,26-29-20-14-13-15-21-29)38-25-19-12-8-6-10-17-23-36-31(33)28(3)4/h13-15,20-21H,1,3,5-12,16-19,22-26H2,2,4H3. The van der Waals surface area contributed by atoms with Crippen LogP contribution < -0.4 is 0 Å². The molecule has 0 amide bonds. The lowest BCUT2D eigenvalue weighted by Crippen LogP contribution is -2.06. The van der Waals surface area contributed by atoms with Gasteiger partial charge in [-0.1, -0.05) is 94.9 Å². The van der Waals surface area contributed by atoms with Gasteiger partial charge in [-0.3, -0.25) is 4.57 Å². The molecule has 0 fully saturated rings. The van der Waals surface area contributed by atoms with Crippen molar-refractivity contribution < 1.29 is 32.7 Å². The van der Waals surface area contributed by atoms with Gasteiger partial charge in [-0.15, -0.1) is 0 Å². The summed E-state index contributed by atoms with van der Waals surface area (Å²) in [5.74, 6) is -0.657. The maximum absolute atomic E-state index is 13.5. The molecule has 1 rings (SSSR count). The van der Waals surface area contributed by atoms with Gasteiger partial charge in [-0.25, -0.2) is 9.59 Å². The maximum atomic E-state index is 13.5. The molecule has 0 aliphatic rings. The fourth-order valence-electron chi connectivity index (χ4n) is 3.74. The summed E-state index contributed by atoms with van der Waals surface area (Å²) in [5.41, 5.74) is 1.80. The monoisotopic (exact) mass is 564 g/mol. The number of rotatable bonds is 24. The van der Waals surface area contributed by atoms with Crippen LogP contribution in [-0.4, -0.2) is 38.4 Å². The molecular formula is C31H49O7P. The van der Waals surface area contributed by atoms with Gasteiger partial charge < -0.3 is 18.5 Å². The van der Waals surface area contributed by atoms with Crippen LogP contribution in [0.3, 0.4) is 0 Å². The van der Waals surface area contributed by atoms with Crippen LogP contribution in [0.1, 0.15) is 96.5 Å². The van der Waals surface area contributed by atoms with Crippen LogP contribution in [0.2, 0.25) is 0 Å². The Hall–Kier alpha value is -2.21. The molecule has 0 aromatic heterocycles. The molecule has 0 aliphatic carbocycles. The molecule has 0 aliphatic heterocycles. The molecule has 0 spiro atoms. The molecule has 0 saturated carbocycles. The van der Waals surface area contributed by atoms with E-state index in [0.717, 1.165) is 82.6 Å². The van der Waals surface area contributed by atoms with Gasteiger partial charge in [0.15, 0.2) is 0 Å². The number of unbranched alkanes of at least 4 members (excludes halogenated alkanes) is 10. The Labute approximate surface area is 235 Å². The number of esters is 2. The van der Waals surface area contributed by atoms with Gasteiger partial charge in [0.05, 0.1) is 32.6 Å². The second-order valence-corrected chi connectivity index (χ2v) is 12.1. The SMILES string of the molecule is C=C(C)C(=O)OCCCCCCCCOP(=O)(Cc1ccccc1)OCCCCCCCCOC(=O)C(=C)C. The van der Waals surface area contributed by atoms with Crippen LogP contribution in [0.5, 0.6) is 0 Å². The molecule has 0 N–H and O–H groups in total. The largest absolute Gasteiger partial charge is 0.462 e. The van der Waals surface area contributed by atoms with Crippen molar-refractivity contribution in [1.82, 2.24) is 0 Å². The second-order valence-electron chi connectivity index (χ2n) is 10.00. The normalized spacial score (nSPS) is 11.2. The fourth-order valence-corrected chi connectivity index (χ4v) is 5.47. The highest BCUT2D eigenvalue weighted by atomic mass is 31.2. The Bertz CT molecular complexity index is 847. The Morgan fingerprint density at radius 1 is 0.615 bits per heavy atom. The van der Waals surface area contributed by atoms with E-state index in [4.69, 9.17) is 18.5 Å². The van der Waals surface area contributed by atoms with Gasteiger partial charge in [0.2, 0.25) is 0 Å². The molecule has 1 aromatic rings. The van der Waals surface area contributed by atoms with E-state index in [1.54, 1.807) is 13.8 Å². The highest BCUT2D eigenvalue weighted by molar-refractivity contribution is 7.53. The summed E-state index contributed by atoms with van der Waals surface area (Å²) in [5, 5.41) is 0. The molecule has 0 unspecified atom stereocenters. The third-order valence-electron chi connectivity index (χ3n) is 6.04. The lowest BCUT2D eigenvalue weighted by molar-refractivity contribution is -0.139. The minimum absolute atomic E-state index is 0.277. The molecule has 220 valence electrons. The first kappa shape index (κ1) is 34.8. The van der Waals surface area contributed by atoms with Crippen LogP contribution >= 0.6 is 7.60 Å². The van der Waals surface area contributed by atoms with Crippen molar-refractivity contribution in [2.75, 3.05) is 26.4 Å². The van der Waals surface area contributed by atoms with Crippen molar-refractivity contribution in [2.24, 2.45) is 0 Å². The molecule has 0 radical (unpaired) electrons. The van der Waals surface area contributed by atoms with E-state index in [-0.39, 0.29) is 18.1 Å². The summed E-state index contributed by atoms with van der Waals surface area (Å²) < 4.78 is 35.4. The van der Waals surface area contributed by atoms with Gasteiger partial charge in [-0.2, -0.15) is 0 Å². The van der Waals surface area contributed by atoms with E-state index in [9.17, 15) is 14.2 Å². The second kappa shape index (κ2) is 21.6. The minimum Gasteiger partial charge on any atom is -0.462 e. The van der Waals surface area contributed by atoms with Crippen LogP contribution in [0, 0.1) is 0 Å². The third-order valence-corrected chi connectivity index (χ3v) is 7.94. The van der Waals surface area contributed by atoms with Gasteiger partial charge in [0, 0.05) is 11.1 Å². The number of hydrogen-bond acceptors (Lipinski definition) is 7. The van der Waals surface area contributed by atoms with Crippen molar-refractivity contribution >= 4 is 19.5 Å². The quantitative estimate of drug-likeness (QED) is 0.0540. The average molecular weight is 565 g/mol. The van der Waals surface area contributed by atoms with Crippen LogP contribution in [-0.2, 0) is 38.8 Å². The van der Waals surface area contributed by atoms with Crippen LogP contribution in [0.4, 0.5) is 0 Å². The third kappa shape index (κ3) is 18.7. The molecule has 1 aromatic carbocycles. The number of carbonyl (C=O) groups excluding carboxylic acids is 2. The van der Waals surface area contributed by atoms with E-state index in [1.165, 1.54) is 0 Å². The van der Waals surface area contributed by atoms with Crippen LogP contribution in [0.15, 0.2) is 54.6 Å². The number of hydrogen-bond donors (Lipinski definition) is 0. The predicted molar refractivity (Wildman–Crippen MR) is 157 cm³/mol. The summed E-state index contributed by atoms with van der Waals surface area (Å²) in [6, 6.07) is 9.68. The Morgan fingerprint density at radius 2 is 0.974 bits per heavy atom. The summed E-state index contributed by atoms with van der Waals surface area (Å²) in [7, 11) is -3.23. The molecule has 0 bridgehead atoms. The van der Waals surface area contributed by atoms with E-state index >= 15 is 0 Å². The number of carbonyl (C=O) groups is 2. The zero-order chi connectivity index (χ0) is 28.8. The number of ether oxygens (including phenoxy) is 2. The summed E-state index contributed by atoms with van der Waals surface area (Å²) in [6.07, 6.45) is 11.8. The Morgan fingerprint density at radius 3 is 1.36 bits per heavy atom. The lowest BCUT2D eigenvalue weighted by atomic mass is 10.1. The Balaban J connectivity index is 2.22. The van der Waals surface area contributed by atoms with Crippen molar-refractivity contribution in [3.8, 4) is 0 Å². The highest BCUT2D eigenvalue weighted by Crippen LogP contribution is 2.51. The molecule has 7 nitrogen and oxygen atoms in total. The smallest absolute Gasteiger partial charge is 0.335 e. The minimum atomic E-state index is -3.23. The topological polar surface area (TPSA) is 88.1 Å². The van der Waals surface area contributed by atoms with E-state index in [0.29, 0.717) is 37.6 Å². The first-order valence-electron chi connectivity index (χ1n) is 14.3. The zero-order valence-corrected chi connectivity index (χ0v) is 25.0. The molecule has 0 atom stereocenters. The molecule has 39 heavy (non-hydrogen) atoms. The first-order chi connectivity index (χ1) is 18.7. The number of benzene rings is 1. The zero-order valence-electron chi connectivity index (χ0n) is 24.1. The van der Waals surface area contributed by atoms with Crippen molar-refractivity contribution in [3.05, 3.63) is 60.2 Å². The predicted octanol–water partition coefficient (Wildman–Crippen LogP) is 8.33. The van der Waals surface area contributed by atoms with E-state index in [2.05, 4.69) is 13.2 Å². The Kier molecular flexibility index (Phi) is 19.3. The molecular weight excluding hydrogens is 515 g/mol. The van der Waals surface area contributed by atoms with Gasteiger partial charge in [-0.05, 0) is 45.1 Å². The fraction of sp³-hybridized carbons (Fsp3) is 0.613. The lowest BCUT2D eigenvalue weighted by Gasteiger charge is -2.19. The molecule has 8 heteroatoms. The summed E-state index contributed by atoms with van der Waals surface area (Å²) >= 11 is 0. The molecule has 0 heterocycles. The van der Waals surface area contributed by atoms with Gasteiger partial charge in [0.25, 0.3) is 0 Å². The average Bonchev–Trinajstić information content (AvgIpc) is 2.90. The summed E-state index contributed by atoms with van der Waals surface area (Å²) in [6.45, 7) is 12.1. The first-order valence-corrected chi connectivity index (χ1v) is 16.0. The van der Waals surface area contributed by atoms with Crippen molar-refractivity contribution in [2.45, 2.75) is 97.1 Å². The summed E-state index contributed by atoms with van der Waals surface area (Å²) in [4.78, 5) is 22.7. The van der Waals surface area contributed by atoms with Crippen molar-refractivity contribution in [1.29, 1.82) is 0 Å².